The van der Waals surface area contributed by atoms with Crippen LogP contribution in [0.3, 0.4) is 0 Å². The first-order chi connectivity index (χ1) is 6.09. The third-order valence-corrected chi connectivity index (χ3v) is 2.61. The van der Waals surface area contributed by atoms with Gasteiger partial charge in [0.1, 0.15) is 11.6 Å². The molecule has 0 N–H and O–H groups in total. The summed E-state index contributed by atoms with van der Waals surface area (Å²) in [7, 11) is 0. The Hall–Kier alpha value is -0.660. The van der Waals surface area contributed by atoms with E-state index < -0.39 is 0 Å². The van der Waals surface area contributed by atoms with E-state index in [0.29, 0.717) is 36.7 Å². The average molecular weight is 182 g/mol. The quantitative estimate of drug-likeness (QED) is 0.671. The van der Waals surface area contributed by atoms with Gasteiger partial charge in [-0.2, -0.15) is 0 Å². The van der Waals surface area contributed by atoms with Crippen LogP contribution in [0.5, 0.6) is 0 Å². The molecule has 2 heteroatoms. The molecule has 0 aromatic heterocycles. The summed E-state index contributed by atoms with van der Waals surface area (Å²) < 4.78 is 0. The minimum absolute atomic E-state index is 0.181. The highest BCUT2D eigenvalue weighted by atomic mass is 16.1. The maximum Gasteiger partial charge on any atom is 0.136 e. The van der Waals surface area contributed by atoms with Crippen molar-refractivity contribution in [2.45, 2.75) is 46.0 Å². The zero-order chi connectivity index (χ0) is 9.84. The Kier molecular flexibility index (Phi) is 3.64. The molecule has 0 heterocycles. The molecule has 2 nitrogen and oxygen atoms in total. The van der Waals surface area contributed by atoms with Crippen molar-refractivity contribution in [3.05, 3.63) is 0 Å². The van der Waals surface area contributed by atoms with Crippen molar-refractivity contribution in [3.63, 3.8) is 0 Å². The number of Topliss-reactive ketones (excluding diaryl/α,β-unsaturated/α-hetero) is 2. The Balaban J connectivity index is 2.35. The predicted octanol–water partition coefficient (Wildman–Crippen LogP) is 2.36. The molecule has 0 unspecified atom stereocenters. The van der Waals surface area contributed by atoms with Crippen molar-refractivity contribution in [1.82, 2.24) is 0 Å². The second-order valence-corrected chi connectivity index (χ2v) is 4.38. The highest BCUT2D eigenvalue weighted by molar-refractivity contribution is 5.85. The number of ketones is 2. The van der Waals surface area contributed by atoms with Gasteiger partial charge < -0.3 is 0 Å². The minimum atomic E-state index is 0.181. The SMILES string of the molecule is CC(C)CC(=O)C1CCC(=O)CC1. The molecule has 1 rings (SSSR count). The van der Waals surface area contributed by atoms with Gasteiger partial charge in [-0.1, -0.05) is 13.8 Å². The molecule has 1 aliphatic carbocycles. The molecule has 0 radical (unpaired) electrons. The highest BCUT2D eigenvalue weighted by Gasteiger charge is 2.24. The van der Waals surface area contributed by atoms with Crippen LogP contribution in [-0.4, -0.2) is 11.6 Å². The van der Waals surface area contributed by atoms with E-state index in [1.807, 2.05) is 0 Å². The number of hydrogen-bond donors (Lipinski definition) is 0. The molecular formula is C11H18O2. The van der Waals surface area contributed by atoms with Crippen LogP contribution < -0.4 is 0 Å². The summed E-state index contributed by atoms with van der Waals surface area (Å²) in [5.74, 6) is 1.32. The van der Waals surface area contributed by atoms with Crippen LogP contribution in [0.15, 0.2) is 0 Å². The number of carbonyl (C=O) groups is 2. The molecule has 74 valence electrons. The summed E-state index contributed by atoms with van der Waals surface area (Å²) in [6, 6.07) is 0. The van der Waals surface area contributed by atoms with Gasteiger partial charge in [0.15, 0.2) is 0 Å². The molecule has 1 aliphatic rings. The van der Waals surface area contributed by atoms with E-state index in [-0.39, 0.29) is 5.92 Å². The monoisotopic (exact) mass is 182 g/mol. The second-order valence-electron chi connectivity index (χ2n) is 4.38. The Labute approximate surface area is 79.7 Å². The Bertz CT molecular complexity index is 196. The molecule has 1 saturated carbocycles. The zero-order valence-electron chi connectivity index (χ0n) is 8.51. The Morgan fingerprint density at radius 1 is 1.38 bits per heavy atom. The number of rotatable bonds is 3. The maximum absolute atomic E-state index is 11.6. The normalized spacial score (nSPS) is 19.5. The minimum Gasteiger partial charge on any atom is -0.300 e. The molecule has 0 bridgehead atoms. The van der Waals surface area contributed by atoms with Crippen LogP contribution in [0, 0.1) is 11.8 Å². The molecule has 0 saturated heterocycles. The highest BCUT2D eigenvalue weighted by Crippen LogP contribution is 2.24. The van der Waals surface area contributed by atoms with Crippen LogP contribution in [0.4, 0.5) is 0 Å². The number of hydrogen-bond acceptors (Lipinski definition) is 2. The van der Waals surface area contributed by atoms with Crippen molar-refractivity contribution in [2.75, 3.05) is 0 Å². The summed E-state index contributed by atoms with van der Waals surface area (Å²) in [5.41, 5.74) is 0. The van der Waals surface area contributed by atoms with Crippen molar-refractivity contribution in [1.29, 1.82) is 0 Å². The average Bonchev–Trinajstić information content (AvgIpc) is 2.04. The molecule has 0 aliphatic heterocycles. The van der Waals surface area contributed by atoms with Gasteiger partial charge in [0, 0.05) is 25.2 Å². The van der Waals surface area contributed by atoms with E-state index in [1.165, 1.54) is 0 Å². The standard InChI is InChI=1S/C11H18O2/c1-8(2)7-11(13)9-3-5-10(12)6-4-9/h8-9H,3-7H2,1-2H3. The third kappa shape index (κ3) is 3.29. The summed E-state index contributed by atoms with van der Waals surface area (Å²) in [5, 5.41) is 0. The van der Waals surface area contributed by atoms with Crippen LogP contribution in [0.1, 0.15) is 46.0 Å². The van der Waals surface area contributed by atoms with Crippen LogP contribution in [0.2, 0.25) is 0 Å². The second kappa shape index (κ2) is 4.54. The lowest BCUT2D eigenvalue weighted by Gasteiger charge is -2.20. The van der Waals surface area contributed by atoms with Gasteiger partial charge in [-0.3, -0.25) is 9.59 Å². The van der Waals surface area contributed by atoms with Gasteiger partial charge in [0.05, 0.1) is 0 Å². The largest absolute Gasteiger partial charge is 0.300 e. The first-order valence-corrected chi connectivity index (χ1v) is 5.14. The van der Waals surface area contributed by atoms with Gasteiger partial charge in [-0.05, 0) is 18.8 Å². The molecule has 0 aromatic rings. The third-order valence-electron chi connectivity index (χ3n) is 2.61. The van der Waals surface area contributed by atoms with Gasteiger partial charge in [0.2, 0.25) is 0 Å². The Morgan fingerprint density at radius 2 is 1.92 bits per heavy atom. The fourth-order valence-electron chi connectivity index (χ4n) is 1.83. The van der Waals surface area contributed by atoms with Crippen molar-refractivity contribution in [3.8, 4) is 0 Å². The van der Waals surface area contributed by atoms with Crippen LogP contribution >= 0.6 is 0 Å². The fourth-order valence-corrected chi connectivity index (χ4v) is 1.83. The summed E-state index contributed by atoms with van der Waals surface area (Å²) in [6.45, 7) is 4.12. The molecule has 1 fully saturated rings. The summed E-state index contributed by atoms with van der Waals surface area (Å²) >= 11 is 0. The van der Waals surface area contributed by atoms with E-state index >= 15 is 0 Å². The van der Waals surface area contributed by atoms with E-state index in [9.17, 15) is 9.59 Å². The lowest BCUT2D eigenvalue weighted by Crippen LogP contribution is -2.22. The van der Waals surface area contributed by atoms with Crippen LogP contribution in [-0.2, 0) is 9.59 Å². The predicted molar refractivity (Wildman–Crippen MR) is 51.4 cm³/mol. The van der Waals surface area contributed by atoms with Gasteiger partial charge in [-0.15, -0.1) is 0 Å². The molecule has 0 spiro atoms. The van der Waals surface area contributed by atoms with E-state index in [4.69, 9.17) is 0 Å². The van der Waals surface area contributed by atoms with Crippen molar-refractivity contribution < 1.29 is 9.59 Å². The molecule has 0 aromatic carbocycles. The van der Waals surface area contributed by atoms with Crippen molar-refractivity contribution >= 4 is 11.6 Å². The zero-order valence-corrected chi connectivity index (χ0v) is 8.51. The first-order valence-electron chi connectivity index (χ1n) is 5.14. The van der Waals surface area contributed by atoms with Gasteiger partial charge in [-0.25, -0.2) is 0 Å². The summed E-state index contributed by atoms with van der Waals surface area (Å²) in [4.78, 5) is 22.5. The molecular weight excluding hydrogens is 164 g/mol. The lowest BCUT2D eigenvalue weighted by molar-refractivity contribution is -0.127. The topological polar surface area (TPSA) is 34.1 Å². The molecule has 13 heavy (non-hydrogen) atoms. The Morgan fingerprint density at radius 3 is 2.38 bits per heavy atom. The molecule has 0 atom stereocenters. The van der Waals surface area contributed by atoms with Crippen LogP contribution in [0.25, 0.3) is 0 Å². The smallest absolute Gasteiger partial charge is 0.136 e. The summed E-state index contributed by atoms with van der Waals surface area (Å²) in [6.07, 6.45) is 3.51. The maximum atomic E-state index is 11.6. The molecule has 0 amide bonds. The lowest BCUT2D eigenvalue weighted by atomic mass is 9.83. The van der Waals surface area contributed by atoms with E-state index in [2.05, 4.69) is 13.8 Å². The van der Waals surface area contributed by atoms with Gasteiger partial charge in [0.25, 0.3) is 0 Å². The number of carbonyl (C=O) groups excluding carboxylic acids is 2. The first kappa shape index (κ1) is 10.4. The van der Waals surface area contributed by atoms with E-state index in [1.54, 1.807) is 0 Å². The van der Waals surface area contributed by atoms with Crippen molar-refractivity contribution in [2.24, 2.45) is 11.8 Å². The van der Waals surface area contributed by atoms with E-state index in [0.717, 1.165) is 12.8 Å². The fraction of sp³-hybridized carbons (Fsp3) is 0.818. The van der Waals surface area contributed by atoms with Gasteiger partial charge >= 0.3 is 0 Å².